The van der Waals surface area contributed by atoms with E-state index in [-0.39, 0.29) is 34.4 Å². The van der Waals surface area contributed by atoms with Gasteiger partial charge in [-0.2, -0.15) is 5.10 Å². The minimum atomic E-state index is -3.67. The summed E-state index contributed by atoms with van der Waals surface area (Å²) in [6.45, 7) is 9.94. The number of carbonyl (C=O) groups excluding carboxylic acids is 2. The molecule has 2 amide bonds. The second kappa shape index (κ2) is 9.43. The van der Waals surface area contributed by atoms with Crippen LogP contribution in [0.15, 0.2) is 23.1 Å². The zero-order chi connectivity index (χ0) is 26.5. The third kappa shape index (κ3) is 4.86. The molecule has 2 aromatic rings. The molecular weight excluding hydrogens is 496 g/mol. The van der Waals surface area contributed by atoms with Crippen molar-refractivity contribution in [1.82, 2.24) is 19.6 Å². The fraction of sp³-hybridized carbons (Fsp3) is 0.577. The van der Waals surface area contributed by atoms with Gasteiger partial charge in [0.25, 0.3) is 5.91 Å². The van der Waals surface area contributed by atoms with Crippen molar-refractivity contribution in [2.75, 3.05) is 39.4 Å². The first-order valence-electron chi connectivity index (χ1n) is 12.8. The Morgan fingerprint density at radius 3 is 2.54 bits per heavy atom. The molecule has 37 heavy (non-hydrogen) atoms. The molecular formula is C26H34N4O6S. The Kier molecular flexibility index (Phi) is 6.56. The SMILES string of the molecule is Cc1cccc2c1S(=O)(=O)Cc1c(C(=O)N3CCOCC3)nn(C3CCCN(C(=O)OC(C)(C)C)C3)c1-2. The van der Waals surface area contributed by atoms with E-state index in [2.05, 4.69) is 0 Å². The van der Waals surface area contributed by atoms with Crippen LogP contribution in [0.1, 0.15) is 61.3 Å². The maximum atomic E-state index is 13.6. The van der Waals surface area contributed by atoms with Crippen LogP contribution in [0.5, 0.6) is 0 Å². The van der Waals surface area contributed by atoms with Gasteiger partial charge in [0.05, 0.1) is 35.6 Å². The summed E-state index contributed by atoms with van der Waals surface area (Å²) in [5.41, 5.74) is 1.87. The molecule has 1 aromatic carbocycles. The quantitative estimate of drug-likeness (QED) is 0.586. The lowest BCUT2D eigenvalue weighted by atomic mass is 10.0. The molecule has 0 bridgehead atoms. The van der Waals surface area contributed by atoms with Crippen LogP contribution in [-0.2, 0) is 25.1 Å². The normalized spacial score (nSPS) is 21.2. The summed E-state index contributed by atoms with van der Waals surface area (Å²) in [4.78, 5) is 30.1. The van der Waals surface area contributed by atoms with Crippen molar-refractivity contribution in [3.63, 3.8) is 0 Å². The molecule has 0 saturated carbocycles. The minimum Gasteiger partial charge on any atom is -0.444 e. The van der Waals surface area contributed by atoms with Gasteiger partial charge >= 0.3 is 6.09 Å². The maximum absolute atomic E-state index is 13.6. The van der Waals surface area contributed by atoms with E-state index in [0.29, 0.717) is 61.8 Å². The van der Waals surface area contributed by atoms with Crippen LogP contribution in [0.2, 0.25) is 0 Å². The highest BCUT2D eigenvalue weighted by molar-refractivity contribution is 7.91. The highest BCUT2D eigenvalue weighted by Crippen LogP contribution is 2.43. The van der Waals surface area contributed by atoms with Crippen molar-refractivity contribution in [2.45, 2.75) is 62.8 Å². The predicted octanol–water partition coefficient (Wildman–Crippen LogP) is 3.19. The van der Waals surface area contributed by atoms with Crippen LogP contribution in [-0.4, -0.2) is 85.0 Å². The van der Waals surface area contributed by atoms with Crippen molar-refractivity contribution < 1.29 is 27.5 Å². The molecule has 1 unspecified atom stereocenters. The fourth-order valence-corrected chi connectivity index (χ4v) is 7.26. The van der Waals surface area contributed by atoms with Crippen molar-refractivity contribution in [3.05, 3.63) is 35.0 Å². The van der Waals surface area contributed by atoms with Crippen molar-refractivity contribution >= 4 is 21.8 Å². The summed E-state index contributed by atoms with van der Waals surface area (Å²) < 4.78 is 39.6. The highest BCUT2D eigenvalue weighted by atomic mass is 32.2. The first-order valence-corrected chi connectivity index (χ1v) is 14.4. The van der Waals surface area contributed by atoms with Crippen LogP contribution >= 0.6 is 0 Å². The lowest BCUT2D eigenvalue weighted by Crippen LogP contribution is -2.43. The maximum Gasteiger partial charge on any atom is 0.410 e. The van der Waals surface area contributed by atoms with E-state index in [1.54, 1.807) is 33.5 Å². The summed E-state index contributed by atoms with van der Waals surface area (Å²) >= 11 is 0. The number of rotatable bonds is 2. The van der Waals surface area contributed by atoms with Gasteiger partial charge in [-0.15, -0.1) is 0 Å². The Morgan fingerprint density at radius 1 is 1.11 bits per heavy atom. The zero-order valence-electron chi connectivity index (χ0n) is 21.8. The Hall–Kier alpha value is -2.92. The number of amides is 2. The number of nitrogens with zero attached hydrogens (tertiary/aromatic N) is 4. The number of sulfone groups is 1. The van der Waals surface area contributed by atoms with Gasteiger partial charge in [0, 0.05) is 37.3 Å². The highest BCUT2D eigenvalue weighted by Gasteiger charge is 2.40. The van der Waals surface area contributed by atoms with Gasteiger partial charge in [-0.05, 0) is 46.1 Å². The number of morpholine rings is 1. The lowest BCUT2D eigenvalue weighted by molar-refractivity contribution is 0.0166. The third-order valence-electron chi connectivity index (χ3n) is 7.02. The number of piperidine rings is 1. The van der Waals surface area contributed by atoms with Gasteiger partial charge in [0.1, 0.15) is 5.60 Å². The van der Waals surface area contributed by atoms with Gasteiger partial charge in [0.2, 0.25) is 0 Å². The number of hydrogen-bond donors (Lipinski definition) is 0. The molecule has 3 aliphatic heterocycles. The molecule has 200 valence electrons. The minimum absolute atomic E-state index is 0.169. The smallest absolute Gasteiger partial charge is 0.410 e. The number of hydrogen-bond acceptors (Lipinski definition) is 7. The summed E-state index contributed by atoms with van der Waals surface area (Å²) in [5, 5.41) is 4.79. The Morgan fingerprint density at radius 2 is 1.84 bits per heavy atom. The van der Waals surface area contributed by atoms with Crippen molar-refractivity contribution in [2.24, 2.45) is 0 Å². The summed E-state index contributed by atoms with van der Waals surface area (Å²) in [7, 11) is -3.67. The van der Waals surface area contributed by atoms with Crippen LogP contribution in [0, 0.1) is 6.92 Å². The van der Waals surface area contributed by atoms with Gasteiger partial charge in [-0.1, -0.05) is 18.2 Å². The molecule has 1 atom stereocenters. The van der Waals surface area contributed by atoms with E-state index in [9.17, 15) is 18.0 Å². The van der Waals surface area contributed by atoms with Crippen LogP contribution < -0.4 is 0 Å². The molecule has 0 aliphatic carbocycles. The molecule has 2 saturated heterocycles. The zero-order valence-corrected chi connectivity index (χ0v) is 22.6. The standard InChI is InChI=1S/C26H34N4O6S/c1-17-7-5-9-19-22-20(16-37(33,34)23(17)19)21(24(31)28-11-13-35-14-12-28)27-30(22)18-8-6-10-29(15-18)25(32)36-26(2,3)4/h5,7,9,18H,6,8,10-16H2,1-4H3. The van der Waals surface area contributed by atoms with E-state index < -0.39 is 15.4 Å². The first kappa shape index (κ1) is 25.7. The predicted molar refractivity (Wildman–Crippen MR) is 136 cm³/mol. The molecule has 0 N–H and O–H groups in total. The lowest BCUT2D eigenvalue weighted by Gasteiger charge is -2.35. The van der Waals surface area contributed by atoms with Gasteiger partial charge in [-0.25, -0.2) is 13.2 Å². The summed E-state index contributed by atoms with van der Waals surface area (Å²) in [5.74, 6) is -0.571. The van der Waals surface area contributed by atoms with E-state index in [1.807, 2.05) is 26.8 Å². The molecule has 11 heteroatoms. The topological polar surface area (TPSA) is 111 Å². The van der Waals surface area contributed by atoms with Crippen LogP contribution in [0.25, 0.3) is 11.3 Å². The largest absolute Gasteiger partial charge is 0.444 e. The van der Waals surface area contributed by atoms with Crippen molar-refractivity contribution in [3.8, 4) is 11.3 Å². The molecule has 4 heterocycles. The van der Waals surface area contributed by atoms with Gasteiger partial charge < -0.3 is 19.3 Å². The van der Waals surface area contributed by atoms with Crippen LogP contribution in [0.4, 0.5) is 4.79 Å². The molecule has 3 aliphatic rings. The monoisotopic (exact) mass is 530 g/mol. The number of carbonyl (C=O) groups is 2. The van der Waals surface area contributed by atoms with E-state index >= 15 is 0 Å². The van der Waals surface area contributed by atoms with Crippen LogP contribution in [0.3, 0.4) is 0 Å². The first-order chi connectivity index (χ1) is 17.5. The van der Waals surface area contributed by atoms with E-state index in [1.165, 1.54) is 0 Å². The molecule has 0 spiro atoms. The van der Waals surface area contributed by atoms with Crippen molar-refractivity contribution in [1.29, 1.82) is 0 Å². The molecule has 5 rings (SSSR count). The van der Waals surface area contributed by atoms with Gasteiger partial charge in [-0.3, -0.25) is 9.48 Å². The number of benzene rings is 1. The Balaban J connectivity index is 1.60. The average Bonchev–Trinajstić information content (AvgIpc) is 3.21. The second-order valence-corrected chi connectivity index (χ2v) is 12.9. The number of aromatic nitrogens is 2. The number of aryl methyl sites for hydroxylation is 1. The Labute approximate surface area is 217 Å². The molecule has 2 fully saturated rings. The number of likely N-dealkylation sites (tertiary alicyclic amines) is 1. The molecule has 10 nitrogen and oxygen atoms in total. The molecule has 1 aromatic heterocycles. The fourth-order valence-electron chi connectivity index (χ4n) is 5.40. The summed E-state index contributed by atoms with van der Waals surface area (Å²) in [6, 6.07) is 5.17. The Bertz CT molecular complexity index is 1340. The molecule has 0 radical (unpaired) electrons. The second-order valence-electron chi connectivity index (χ2n) is 11.0. The van der Waals surface area contributed by atoms with E-state index in [0.717, 1.165) is 12.8 Å². The third-order valence-corrected chi connectivity index (χ3v) is 8.85. The van der Waals surface area contributed by atoms with Gasteiger partial charge in [0.15, 0.2) is 15.5 Å². The van der Waals surface area contributed by atoms with E-state index in [4.69, 9.17) is 14.6 Å². The average molecular weight is 531 g/mol. The number of fused-ring (bicyclic) bond motifs is 3. The summed E-state index contributed by atoms with van der Waals surface area (Å²) in [6.07, 6.45) is 1.10. The number of ether oxygens (including phenoxy) is 2.